The third-order valence-electron chi connectivity index (χ3n) is 4.39. The molecule has 1 fully saturated rings. The number of nitrogens with zero attached hydrogens (tertiary/aromatic N) is 1. The van der Waals surface area contributed by atoms with Gasteiger partial charge in [-0.1, -0.05) is 18.2 Å². The monoisotopic (exact) mass is 260 g/mol. The normalized spacial score (nSPS) is 27.1. The van der Waals surface area contributed by atoms with Crippen molar-refractivity contribution in [3.63, 3.8) is 0 Å². The number of para-hydroxylation sites is 1. The summed E-state index contributed by atoms with van der Waals surface area (Å²) >= 11 is 0. The van der Waals surface area contributed by atoms with Crippen molar-refractivity contribution in [2.75, 3.05) is 31.6 Å². The minimum Gasteiger partial charge on any atom is -0.376 e. The summed E-state index contributed by atoms with van der Waals surface area (Å²) in [6.07, 6.45) is 5.37. The van der Waals surface area contributed by atoms with E-state index in [0.717, 1.165) is 19.7 Å². The fourth-order valence-corrected chi connectivity index (χ4v) is 3.32. The Bertz CT molecular complexity index is 415. The Balaban J connectivity index is 1.75. The van der Waals surface area contributed by atoms with Crippen LogP contribution in [0.4, 0.5) is 5.69 Å². The van der Waals surface area contributed by atoms with Crippen LogP contribution < -0.4 is 10.2 Å². The van der Waals surface area contributed by atoms with Gasteiger partial charge in [0.25, 0.3) is 0 Å². The molecule has 2 unspecified atom stereocenters. The molecule has 3 heteroatoms. The zero-order chi connectivity index (χ0) is 13.1. The molecule has 1 aromatic rings. The lowest BCUT2D eigenvalue weighted by molar-refractivity contribution is 0.0207. The van der Waals surface area contributed by atoms with Gasteiger partial charge in [-0.15, -0.1) is 0 Å². The number of hydrogen-bond acceptors (Lipinski definition) is 3. The number of rotatable bonds is 3. The highest BCUT2D eigenvalue weighted by atomic mass is 16.5. The Morgan fingerprint density at radius 1 is 1.26 bits per heavy atom. The summed E-state index contributed by atoms with van der Waals surface area (Å²) in [6.45, 7) is 3.12. The molecular formula is C16H24N2O. The number of fused-ring (bicyclic) bond motifs is 1. The van der Waals surface area contributed by atoms with E-state index in [4.69, 9.17) is 4.74 Å². The lowest BCUT2D eigenvalue weighted by Gasteiger charge is -2.38. The predicted octanol–water partition coefficient (Wildman–Crippen LogP) is 2.73. The number of nitrogens with one attached hydrogen (secondary N) is 1. The van der Waals surface area contributed by atoms with Crippen molar-refractivity contribution in [3.05, 3.63) is 29.8 Å². The van der Waals surface area contributed by atoms with Crippen LogP contribution in [0.5, 0.6) is 0 Å². The Hall–Kier alpha value is -1.06. The topological polar surface area (TPSA) is 24.5 Å². The molecule has 0 saturated carbocycles. The molecule has 3 rings (SSSR count). The van der Waals surface area contributed by atoms with Gasteiger partial charge in [-0.3, -0.25) is 0 Å². The van der Waals surface area contributed by atoms with Crippen molar-refractivity contribution in [2.45, 2.75) is 37.8 Å². The third kappa shape index (κ3) is 2.77. The van der Waals surface area contributed by atoms with E-state index >= 15 is 0 Å². The molecule has 0 aromatic heterocycles. The number of ether oxygens (including phenoxy) is 1. The smallest absolute Gasteiger partial charge is 0.0749 e. The maximum atomic E-state index is 5.89. The molecule has 0 spiro atoms. The molecule has 3 nitrogen and oxygen atoms in total. The molecule has 2 aliphatic rings. The Morgan fingerprint density at radius 2 is 2.16 bits per heavy atom. The van der Waals surface area contributed by atoms with Crippen LogP contribution in [-0.2, 0) is 4.74 Å². The van der Waals surface area contributed by atoms with E-state index in [1.165, 1.54) is 36.9 Å². The van der Waals surface area contributed by atoms with Crippen LogP contribution in [-0.4, -0.2) is 32.8 Å². The molecule has 0 radical (unpaired) electrons. The second-order valence-electron chi connectivity index (χ2n) is 5.62. The molecule has 2 heterocycles. The van der Waals surface area contributed by atoms with Crippen LogP contribution in [0.15, 0.2) is 24.3 Å². The molecule has 2 atom stereocenters. The van der Waals surface area contributed by atoms with Crippen LogP contribution in [0.1, 0.15) is 37.3 Å². The third-order valence-corrected chi connectivity index (χ3v) is 4.39. The van der Waals surface area contributed by atoms with Crippen molar-refractivity contribution >= 4 is 5.69 Å². The first-order chi connectivity index (χ1) is 9.38. The summed E-state index contributed by atoms with van der Waals surface area (Å²) in [4.78, 5) is 2.51. The van der Waals surface area contributed by atoms with E-state index in [-0.39, 0.29) is 0 Å². The fraction of sp³-hybridized carbons (Fsp3) is 0.625. The molecule has 2 aliphatic heterocycles. The van der Waals surface area contributed by atoms with E-state index in [2.05, 4.69) is 41.5 Å². The summed E-state index contributed by atoms with van der Waals surface area (Å²) in [7, 11) is 2.06. The Labute approximate surface area is 115 Å². The first kappa shape index (κ1) is 12.9. The molecule has 1 aromatic carbocycles. The van der Waals surface area contributed by atoms with E-state index in [1.54, 1.807) is 0 Å². The Morgan fingerprint density at radius 3 is 2.95 bits per heavy atom. The van der Waals surface area contributed by atoms with Gasteiger partial charge < -0.3 is 15.0 Å². The molecule has 0 aliphatic carbocycles. The highest BCUT2D eigenvalue weighted by Crippen LogP contribution is 2.33. The van der Waals surface area contributed by atoms with Crippen LogP contribution >= 0.6 is 0 Å². The lowest BCUT2D eigenvalue weighted by Crippen LogP contribution is -2.41. The van der Waals surface area contributed by atoms with Gasteiger partial charge in [0.15, 0.2) is 0 Å². The maximum absolute atomic E-state index is 5.89. The predicted molar refractivity (Wildman–Crippen MR) is 78.7 cm³/mol. The molecule has 104 valence electrons. The van der Waals surface area contributed by atoms with Crippen LogP contribution in [0.2, 0.25) is 0 Å². The van der Waals surface area contributed by atoms with Gasteiger partial charge in [0, 0.05) is 31.4 Å². The molecule has 19 heavy (non-hydrogen) atoms. The van der Waals surface area contributed by atoms with E-state index in [9.17, 15) is 0 Å². The second kappa shape index (κ2) is 5.93. The lowest BCUT2D eigenvalue weighted by atomic mass is 9.96. The molecule has 0 bridgehead atoms. The van der Waals surface area contributed by atoms with Gasteiger partial charge >= 0.3 is 0 Å². The average molecular weight is 260 g/mol. The van der Waals surface area contributed by atoms with Crippen molar-refractivity contribution < 1.29 is 4.74 Å². The average Bonchev–Trinajstić information content (AvgIpc) is 2.49. The number of benzene rings is 1. The summed E-state index contributed by atoms with van der Waals surface area (Å²) < 4.78 is 5.89. The van der Waals surface area contributed by atoms with Crippen LogP contribution in [0, 0.1) is 0 Å². The van der Waals surface area contributed by atoms with Gasteiger partial charge in [-0.25, -0.2) is 0 Å². The largest absolute Gasteiger partial charge is 0.376 e. The molecule has 1 saturated heterocycles. The van der Waals surface area contributed by atoms with Crippen LogP contribution in [0.3, 0.4) is 0 Å². The summed E-state index contributed by atoms with van der Waals surface area (Å²) in [5, 5.41) is 3.43. The van der Waals surface area contributed by atoms with E-state index < -0.39 is 0 Å². The van der Waals surface area contributed by atoms with Crippen molar-refractivity contribution in [1.29, 1.82) is 0 Å². The quantitative estimate of drug-likeness (QED) is 0.904. The highest BCUT2D eigenvalue weighted by molar-refractivity contribution is 5.57. The van der Waals surface area contributed by atoms with Gasteiger partial charge in [0.05, 0.1) is 6.10 Å². The summed E-state index contributed by atoms with van der Waals surface area (Å²) in [5.41, 5.74) is 2.83. The second-order valence-corrected chi connectivity index (χ2v) is 5.62. The zero-order valence-corrected chi connectivity index (χ0v) is 11.8. The minimum atomic E-state index is 0.424. The summed E-state index contributed by atoms with van der Waals surface area (Å²) in [5.74, 6) is 0. The fourth-order valence-electron chi connectivity index (χ4n) is 3.32. The molecule has 1 N–H and O–H groups in total. The Kier molecular flexibility index (Phi) is 4.04. The van der Waals surface area contributed by atoms with Crippen LogP contribution in [0.25, 0.3) is 0 Å². The van der Waals surface area contributed by atoms with Crippen molar-refractivity contribution in [2.24, 2.45) is 0 Å². The molecule has 0 amide bonds. The van der Waals surface area contributed by atoms with Crippen molar-refractivity contribution in [1.82, 2.24) is 5.32 Å². The summed E-state index contributed by atoms with van der Waals surface area (Å²) in [6, 6.07) is 9.29. The van der Waals surface area contributed by atoms with Crippen molar-refractivity contribution in [3.8, 4) is 0 Å². The number of anilines is 1. The standard InChI is InChI=1S/C16H24N2O/c1-17-15-9-10-18(12-13-6-4-5-11-19-13)16-8-3-2-7-14(15)16/h2-3,7-8,13,15,17H,4-6,9-12H2,1H3. The SMILES string of the molecule is CNC1CCN(CC2CCCCO2)c2ccccc21. The minimum absolute atomic E-state index is 0.424. The molecular weight excluding hydrogens is 236 g/mol. The number of hydrogen-bond donors (Lipinski definition) is 1. The highest BCUT2D eigenvalue weighted by Gasteiger charge is 2.26. The first-order valence-electron chi connectivity index (χ1n) is 7.51. The van der Waals surface area contributed by atoms with Gasteiger partial charge in [0.2, 0.25) is 0 Å². The van der Waals surface area contributed by atoms with Gasteiger partial charge in [-0.05, 0) is 44.4 Å². The van der Waals surface area contributed by atoms with E-state index in [0.29, 0.717) is 12.1 Å². The van der Waals surface area contributed by atoms with E-state index in [1.807, 2.05) is 0 Å². The van der Waals surface area contributed by atoms with Gasteiger partial charge in [0.1, 0.15) is 0 Å². The van der Waals surface area contributed by atoms with Gasteiger partial charge in [-0.2, -0.15) is 0 Å². The zero-order valence-electron chi connectivity index (χ0n) is 11.8. The first-order valence-corrected chi connectivity index (χ1v) is 7.51. The maximum Gasteiger partial charge on any atom is 0.0749 e.